The Morgan fingerprint density at radius 2 is 2.33 bits per heavy atom. The molecule has 0 aromatic carbocycles. The SMILES string of the molecule is Cc1nc(C(=O)NC2CCNCC2)co1. The predicted molar refractivity (Wildman–Crippen MR) is 54.6 cm³/mol. The van der Waals surface area contributed by atoms with Crippen LogP contribution in [-0.4, -0.2) is 30.0 Å². The zero-order valence-electron chi connectivity index (χ0n) is 8.75. The Bertz CT molecular complexity index is 342. The van der Waals surface area contributed by atoms with E-state index in [1.54, 1.807) is 6.92 Å². The van der Waals surface area contributed by atoms with Gasteiger partial charge in [-0.15, -0.1) is 0 Å². The van der Waals surface area contributed by atoms with Gasteiger partial charge in [-0.25, -0.2) is 4.98 Å². The first-order valence-corrected chi connectivity index (χ1v) is 5.19. The third kappa shape index (κ3) is 2.56. The van der Waals surface area contributed by atoms with E-state index < -0.39 is 0 Å². The van der Waals surface area contributed by atoms with Crippen molar-refractivity contribution in [1.82, 2.24) is 15.6 Å². The van der Waals surface area contributed by atoms with Crippen LogP contribution < -0.4 is 10.6 Å². The number of rotatable bonds is 2. The van der Waals surface area contributed by atoms with Crippen LogP contribution in [0.4, 0.5) is 0 Å². The number of hydrogen-bond acceptors (Lipinski definition) is 4. The third-order valence-corrected chi connectivity index (χ3v) is 2.53. The highest BCUT2D eigenvalue weighted by Gasteiger charge is 2.17. The summed E-state index contributed by atoms with van der Waals surface area (Å²) in [5.41, 5.74) is 0.367. The largest absolute Gasteiger partial charge is 0.448 e. The maximum Gasteiger partial charge on any atom is 0.273 e. The summed E-state index contributed by atoms with van der Waals surface area (Å²) in [4.78, 5) is 15.7. The quantitative estimate of drug-likeness (QED) is 0.742. The molecule has 0 unspecified atom stereocenters. The lowest BCUT2D eigenvalue weighted by Gasteiger charge is -2.23. The Kier molecular flexibility index (Phi) is 3.01. The molecule has 1 amide bonds. The predicted octanol–water partition coefficient (Wildman–Crippen LogP) is 0.465. The molecule has 5 nitrogen and oxygen atoms in total. The number of hydrogen-bond donors (Lipinski definition) is 2. The van der Waals surface area contributed by atoms with Crippen molar-refractivity contribution >= 4 is 5.91 Å². The molecule has 1 aliphatic rings. The first-order chi connectivity index (χ1) is 7.25. The summed E-state index contributed by atoms with van der Waals surface area (Å²) < 4.78 is 4.99. The molecule has 0 spiro atoms. The number of amides is 1. The first kappa shape index (κ1) is 10.2. The van der Waals surface area contributed by atoms with Gasteiger partial charge in [0.1, 0.15) is 6.26 Å². The van der Waals surface area contributed by atoms with Gasteiger partial charge in [0.25, 0.3) is 5.91 Å². The fourth-order valence-corrected chi connectivity index (χ4v) is 1.69. The smallest absolute Gasteiger partial charge is 0.273 e. The average molecular weight is 209 g/mol. The summed E-state index contributed by atoms with van der Waals surface area (Å²) in [6, 6.07) is 0.260. The molecule has 0 atom stereocenters. The van der Waals surface area contributed by atoms with Crippen molar-refractivity contribution in [1.29, 1.82) is 0 Å². The van der Waals surface area contributed by atoms with Crippen molar-refractivity contribution in [2.24, 2.45) is 0 Å². The highest BCUT2D eigenvalue weighted by molar-refractivity contribution is 5.92. The van der Waals surface area contributed by atoms with Gasteiger partial charge in [-0.2, -0.15) is 0 Å². The van der Waals surface area contributed by atoms with Crippen LogP contribution >= 0.6 is 0 Å². The maximum absolute atomic E-state index is 11.7. The van der Waals surface area contributed by atoms with E-state index in [-0.39, 0.29) is 11.9 Å². The van der Waals surface area contributed by atoms with Gasteiger partial charge in [-0.05, 0) is 25.9 Å². The Balaban J connectivity index is 1.91. The molecule has 1 aliphatic heterocycles. The van der Waals surface area contributed by atoms with Crippen LogP contribution in [0.3, 0.4) is 0 Å². The molecular weight excluding hydrogens is 194 g/mol. The second-order valence-corrected chi connectivity index (χ2v) is 3.75. The van der Waals surface area contributed by atoms with Crippen molar-refractivity contribution in [3.63, 3.8) is 0 Å². The Hall–Kier alpha value is -1.36. The van der Waals surface area contributed by atoms with Crippen molar-refractivity contribution in [2.45, 2.75) is 25.8 Å². The molecule has 0 bridgehead atoms. The zero-order valence-corrected chi connectivity index (χ0v) is 8.75. The lowest BCUT2D eigenvalue weighted by Crippen LogP contribution is -2.42. The van der Waals surface area contributed by atoms with E-state index in [0.717, 1.165) is 25.9 Å². The molecule has 1 aromatic rings. The molecule has 5 heteroatoms. The summed E-state index contributed by atoms with van der Waals surface area (Å²) >= 11 is 0. The topological polar surface area (TPSA) is 67.2 Å². The van der Waals surface area contributed by atoms with Gasteiger partial charge in [0.15, 0.2) is 11.6 Å². The Labute approximate surface area is 88.3 Å². The monoisotopic (exact) mass is 209 g/mol. The van der Waals surface area contributed by atoms with E-state index in [4.69, 9.17) is 4.42 Å². The van der Waals surface area contributed by atoms with E-state index >= 15 is 0 Å². The minimum atomic E-state index is -0.140. The number of carbonyl (C=O) groups excluding carboxylic acids is 1. The van der Waals surface area contributed by atoms with Crippen molar-refractivity contribution in [2.75, 3.05) is 13.1 Å². The minimum absolute atomic E-state index is 0.140. The molecule has 0 radical (unpaired) electrons. The highest BCUT2D eigenvalue weighted by Crippen LogP contribution is 2.05. The van der Waals surface area contributed by atoms with Crippen LogP contribution in [-0.2, 0) is 0 Å². The molecule has 82 valence electrons. The molecule has 15 heavy (non-hydrogen) atoms. The van der Waals surface area contributed by atoms with Crippen molar-refractivity contribution < 1.29 is 9.21 Å². The number of nitrogens with one attached hydrogen (secondary N) is 2. The van der Waals surface area contributed by atoms with Gasteiger partial charge in [0.05, 0.1) is 0 Å². The fourth-order valence-electron chi connectivity index (χ4n) is 1.69. The van der Waals surface area contributed by atoms with Gasteiger partial charge in [0.2, 0.25) is 0 Å². The first-order valence-electron chi connectivity index (χ1n) is 5.19. The fraction of sp³-hybridized carbons (Fsp3) is 0.600. The molecule has 1 fully saturated rings. The maximum atomic E-state index is 11.7. The molecule has 0 aliphatic carbocycles. The molecule has 1 aromatic heterocycles. The number of carbonyl (C=O) groups is 1. The number of aryl methyl sites for hydroxylation is 1. The second kappa shape index (κ2) is 4.44. The molecular formula is C10H15N3O2. The van der Waals surface area contributed by atoms with Crippen LogP contribution in [0.2, 0.25) is 0 Å². The lowest BCUT2D eigenvalue weighted by atomic mass is 10.1. The van der Waals surface area contributed by atoms with Crippen LogP contribution in [0.1, 0.15) is 29.2 Å². The van der Waals surface area contributed by atoms with E-state index in [1.807, 2.05) is 0 Å². The third-order valence-electron chi connectivity index (χ3n) is 2.53. The Morgan fingerprint density at radius 1 is 1.60 bits per heavy atom. The summed E-state index contributed by atoms with van der Waals surface area (Å²) in [6.45, 7) is 3.65. The summed E-state index contributed by atoms with van der Waals surface area (Å²) in [5, 5.41) is 6.19. The summed E-state index contributed by atoms with van der Waals surface area (Å²) in [5.74, 6) is 0.379. The van der Waals surface area contributed by atoms with E-state index in [2.05, 4.69) is 15.6 Å². The number of nitrogens with zero attached hydrogens (tertiary/aromatic N) is 1. The minimum Gasteiger partial charge on any atom is -0.448 e. The summed E-state index contributed by atoms with van der Waals surface area (Å²) in [7, 11) is 0. The normalized spacial score (nSPS) is 17.7. The van der Waals surface area contributed by atoms with Gasteiger partial charge in [0, 0.05) is 13.0 Å². The number of oxazole rings is 1. The Morgan fingerprint density at radius 3 is 2.93 bits per heavy atom. The molecule has 2 N–H and O–H groups in total. The van der Waals surface area contributed by atoms with Crippen LogP contribution in [0, 0.1) is 6.92 Å². The van der Waals surface area contributed by atoms with Crippen LogP contribution in [0.15, 0.2) is 10.7 Å². The molecule has 2 heterocycles. The molecule has 1 saturated heterocycles. The average Bonchev–Trinajstić information content (AvgIpc) is 2.66. The summed E-state index contributed by atoms with van der Waals surface area (Å²) in [6.07, 6.45) is 3.34. The van der Waals surface area contributed by atoms with Crippen LogP contribution in [0.5, 0.6) is 0 Å². The van der Waals surface area contributed by atoms with E-state index in [1.165, 1.54) is 6.26 Å². The number of aromatic nitrogens is 1. The van der Waals surface area contributed by atoms with Gasteiger partial charge < -0.3 is 15.1 Å². The second-order valence-electron chi connectivity index (χ2n) is 3.75. The highest BCUT2D eigenvalue weighted by atomic mass is 16.3. The van der Waals surface area contributed by atoms with Crippen LogP contribution in [0.25, 0.3) is 0 Å². The standard InChI is InChI=1S/C10H15N3O2/c1-7-12-9(6-15-7)10(14)13-8-2-4-11-5-3-8/h6,8,11H,2-5H2,1H3,(H,13,14). The lowest BCUT2D eigenvalue weighted by molar-refractivity contribution is 0.0924. The number of piperidine rings is 1. The van der Waals surface area contributed by atoms with Crippen molar-refractivity contribution in [3.05, 3.63) is 17.8 Å². The van der Waals surface area contributed by atoms with E-state index in [9.17, 15) is 4.79 Å². The molecule has 0 saturated carbocycles. The van der Waals surface area contributed by atoms with Crippen molar-refractivity contribution in [3.8, 4) is 0 Å². The molecule has 2 rings (SSSR count). The van der Waals surface area contributed by atoms with Gasteiger partial charge in [-0.1, -0.05) is 0 Å². The van der Waals surface area contributed by atoms with Gasteiger partial charge >= 0.3 is 0 Å². The van der Waals surface area contributed by atoms with E-state index in [0.29, 0.717) is 11.6 Å². The zero-order chi connectivity index (χ0) is 10.7. The van der Waals surface area contributed by atoms with Gasteiger partial charge in [-0.3, -0.25) is 4.79 Å².